The lowest BCUT2D eigenvalue weighted by molar-refractivity contribution is -0.0500. The predicted molar refractivity (Wildman–Crippen MR) is 54.5 cm³/mol. The SMILES string of the molecule is Cc1cccc(OS(=O)(=O)C(F)(F)F)c1Br. The molecule has 0 unspecified atom stereocenters. The van der Waals surface area contributed by atoms with Gasteiger partial charge in [0.15, 0.2) is 5.75 Å². The maximum atomic E-state index is 12.0. The zero-order valence-corrected chi connectivity index (χ0v) is 10.3. The molecule has 0 radical (unpaired) electrons. The second-order valence-corrected chi connectivity index (χ2v) is 5.20. The highest BCUT2D eigenvalue weighted by Gasteiger charge is 2.48. The van der Waals surface area contributed by atoms with Gasteiger partial charge in [-0.3, -0.25) is 0 Å². The number of benzene rings is 1. The molecule has 8 heteroatoms. The summed E-state index contributed by atoms with van der Waals surface area (Å²) in [6.07, 6.45) is 0. The predicted octanol–water partition coefficient (Wildman–Crippen LogP) is 2.99. The van der Waals surface area contributed by atoms with E-state index in [1.807, 2.05) is 0 Å². The van der Waals surface area contributed by atoms with Gasteiger partial charge in [0.2, 0.25) is 0 Å². The van der Waals surface area contributed by atoms with E-state index < -0.39 is 21.4 Å². The van der Waals surface area contributed by atoms with E-state index in [9.17, 15) is 21.6 Å². The minimum atomic E-state index is -5.62. The molecule has 0 bridgehead atoms. The van der Waals surface area contributed by atoms with Gasteiger partial charge in [-0.25, -0.2) is 0 Å². The van der Waals surface area contributed by atoms with Gasteiger partial charge in [0, 0.05) is 0 Å². The maximum Gasteiger partial charge on any atom is 0.534 e. The lowest BCUT2D eigenvalue weighted by Gasteiger charge is -2.11. The molecule has 0 spiro atoms. The van der Waals surface area contributed by atoms with Crippen LogP contribution in [0.1, 0.15) is 5.56 Å². The van der Waals surface area contributed by atoms with Crippen LogP contribution >= 0.6 is 15.9 Å². The molecule has 1 rings (SSSR count). The highest BCUT2D eigenvalue weighted by atomic mass is 79.9. The molecule has 1 aromatic carbocycles. The first-order valence-corrected chi connectivity index (χ1v) is 6.11. The van der Waals surface area contributed by atoms with Crippen LogP contribution in [0.25, 0.3) is 0 Å². The van der Waals surface area contributed by atoms with Crippen molar-refractivity contribution in [1.82, 2.24) is 0 Å². The minimum absolute atomic E-state index is 0.169. The monoisotopic (exact) mass is 318 g/mol. The van der Waals surface area contributed by atoms with Crippen LogP contribution in [0.2, 0.25) is 0 Å². The minimum Gasteiger partial charge on any atom is -0.375 e. The number of rotatable bonds is 2. The smallest absolute Gasteiger partial charge is 0.375 e. The zero-order chi connectivity index (χ0) is 12.6. The molecular formula is C8H6BrF3O3S. The largest absolute Gasteiger partial charge is 0.534 e. The van der Waals surface area contributed by atoms with Crippen LogP contribution in [0.15, 0.2) is 22.7 Å². The fourth-order valence-corrected chi connectivity index (χ4v) is 1.77. The van der Waals surface area contributed by atoms with Crippen molar-refractivity contribution in [2.45, 2.75) is 12.4 Å². The molecule has 3 nitrogen and oxygen atoms in total. The van der Waals surface area contributed by atoms with Gasteiger partial charge in [0.05, 0.1) is 4.47 Å². The van der Waals surface area contributed by atoms with Gasteiger partial charge >= 0.3 is 15.6 Å². The molecule has 0 aliphatic heterocycles. The third kappa shape index (κ3) is 2.67. The van der Waals surface area contributed by atoms with E-state index in [-0.39, 0.29) is 4.47 Å². The third-order valence-corrected chi connectivity index (χ3v) is 3.62. The molecule has 0 N–H and O–H groups in total. The van der Waals surface area contributed by atoms with Gasteiger partial charge in [0.1, 0.15) is 0 Å². The zero-order valence-electron chi connectivity index (χ0n) is 7.88. The molecule has 0 fully saturated rings. The molecular weight excluding hydrogens is 313 g/mol. The van der Waals surface area contributed by atoms with Gasteiger partial charge in [-0.15, -0.1) is 0 Å². The summed E-state index contributed by atoms with van der Waals surface area (Å²) in [6.45, 7) is 1.59. The summed E-state index contributed by atoms with van der Waals surface area (Å²) >= 11 is 2.94. The van der Waals surface area contributed by atoms with E-state index in [2.05, 4.69) is 20.1 Å². The van der Waals surface area contributed by atoms with Crippen LogP contribution < -0.4 is 4.18 Å². The second-order valence-electron chi connectivity index (χ2n) is 2.87. The molecule has 0 aliphatic rings. The van der Waals surface area contributed by atoms with Crippen molar-refractivity contribution in [3.63, 3.8) is 0 Å². The van der Waals surface area contributed by atoms with Crippen LogP contribution in [0, 0.1) is 6.92 Å². The van der Waals surface area contributed by atoms with E-state index in [4.69, 9.17) is 0 Å². The quantitative estimate of drug-likeness (QED) is 0.622. The Hall–Kier alpha value is -0.760. The Kier molecular flexibility index (Phi) is 3.53. The summed E-state index contributed by atoms with van der Waals surface area (Å²) in [7, 11) is -5.62. The number of aryl methyl sites for hydroxylation is 1. The Labute approximate surface area is 98.5 Å². The number of alkyl halides is 3. The van der Waals surface area contributed by atoms with Crippen molar-refractivity contribution >= 4 is 26.0 Å². The first-order chi connectivity index (χ1) is 7.15. The van der Waals surface area contributed by atoms with E-state index in [1.165, 1.54) is 6.07 Å². The molecule has 0 heterocycles. The lowest BCUT2D eigenvalue weighted by atomic mass is 10.2. The van der Waals surface area contributed by atoms with Crippen LogP contribution in [0.3, 0.4) is 0 Å². The molecule has 0 saturated heterocycles. The Morgan fingerprint density at radius 2 is 1.88 bits per heavy atom. The molecule has 0 aromatic heterocycles. The Morgan fingerprint density at radius 1 is 1.31 bits per heavy atom. The molecule has 1 aromatic rings. The van der Waals surface area contributed by atoms with Crippen LogP contribution in [0.4, 0.5) is 13.2 Å². The van der Waals surface area contributed by atoms with Crippen molar-refractivity contribution < 1.29 is 25.8 Å². The Bertz CT molecular complexity index is 496. The number of halogens is 4. The van der Waals surface area contributed by atoms with Crippen molar-refractivity contribution in [2.75, 3.05) is 0 Å². The molecule has 0 amide bonds. The van der Waals surface area contributed by atoms with Crippen LogP contribution in [-0.2, 0) is 10.1 Å². The van der Waals surface area contributed by atoms with E-state index >= 15 is 0 Å². The summed E-state index contributed by atoms with van der Waals surface area (Å²) in [5.41, 5.74) is -4.87. The lowest BCUT2D eigenvalue weighted by Crippen LogP contribution is -2.28. The Morgan fingerprint density at radius 3 is 2.38 bits per heavy atom. The molecule has 90 valence electrons. The maximum absolute atomic E-state index is 12.0. The highest BCUT2D eigenvalue weighted by molar-refractivity contribution is 9.10. The molecule has 0 aliphatic carbocycles. The topological polar surface area (TPSA) is 43.4 Å². The molecule has 0 atom stereocenters. The van der Waals surface area contributed by atoms with Gasteiger partial charge in [-0.05, 0) is 34.5 Å². The summed E-state index contributed by atoms with van der Waals surface area (Å²) in [5, 5.41) is 0. The van der Waals surface area contributed by atoms with Gasteiger partial charge in [-0.2, -0.15) is 21.6 Å². The summed E-state index contributed by atoms with van der Waals surface area (Å²) in [5.74, 6) is -0.391. The summed E-state index contributed by atoms with van der Waals surface area (Å²) in [6, 6.07) is 4.11. The highest BCUT2D eigenvalue weighted by Crippen LogP contribution is 2.33. The fourth-order valence-electron chi connectivity index (χ4n) is 0.850. The summed E-state index contributed by atoms with van der Waals surface area (Å²) in [4.78, 5) is 0. The van der Waals surface area contributed by atoms with Crippen molar-refractivity contribution in [2.24, 2.45) is 0 Å². The van der Waals surface area contributed by atoms with Crippen molar-refractivity contribution in [3.05, 3.63) is 28.2 Å². The Balaban J connectivity index is 3.12. The van der Waals surface area contributed by atoms with Gasteiger partial charge < -0.3 is 4.18 Å². The van der Waals surface area contributed by atoms with Gasteiger partial charge in [-0.1, -0.05) is 12.1 Å². The van der Waals surface area contributed by atoms with E-state index in [1.54, 1.807) is 13.0 Å². The normalized spacial score (nSPS) is 12.6. The summed E-state index contributed by atoms with van der Waals surface area (Å²) < 4.78 is 61.7. The van der Waals surface area contributed by atoms with Crippen LogP contribution in [-0.4, -0.2) is 13.9 Å². The average Bonchev–Trinajstić information content (AvgIpc) is 2.11. The standard InChI is InChI=1S/C8H6BrF3O3S/c1-5-3-2-4-6(7(5)9)15-16(13,14)8(10,11)12/h2-4H,1H3. The average molecular weight is 319 g/mol. The van der Waals surface area contributed by atoms with Crippen molar-refractivity contribution in [1.29, 1.82) is 0 Å². The van der Waals surface area contributed by atoms with E-state index in [0.29, 0.717) is 5.56 Å². The molecule has 16 heavy (non-hydrogen) atoms. The number of hydrogen-bond donors (Lipinski definition) is 0. The van der Waals surface area contributed by atoms with E-state index in [0.717, 1.165) is 6.07 Å². The van der Waals surface area contributed by atoms with Crippen molar-refractivity contribution in [3.8, 4) is 5.75 Å². The molecule has 0 saturated carbocycles. The van der Waals surface area contributed by atoms with Crippen LogP contribution in [0.5, 0.6) is 5.75 Å². The second kappa shape index (κ2) is 4.25. The first-order valence-electron chi connectivity index (χ1n) is 3.91. The number of hydrogen-bond acceptors (Lipinski definition) is 3. The fraction of sp³-hybridized carbons (Fsp3) is 0.250. The third-order valence-electron chi connectivity index (χ3n) is 1.64. The van der Waals surface area contributed by atoms with Gasteiger partial charge in [0.25, 0.3) is 0 Å². The first kappa shape index (κ1) is 13.3.